The van der Waals surface area contributed by atoms with E-state index in [1.807, 2.05) is 11.8 Å². The molecular formula is C10H23NOS. The summed E-state index contributed by atoms with van der Waals surface area (Å²) < 4.78 is 0. The highest BCUT2D eigenvalue weighted by Crippen LogP contribution is 2.32. The summed E-state index contributed by atoms with van der Waals surface area (Å²) in [4.78, 5) is 0. The van der Waals surface area contributed by atoms with Gasteiger partial charge in [0.1, 0.15) is 0 Å². The minimum atomic E-state index is 0.253. The van der Waals surface area contributed by atoms with Crippen LogP contribution in [0.3, 0.4) is 0 Å². The number of hydrogen-bond acceptors (Lipinski definition) is 3. The highest BCUT2D eigenvalue weighted by Gasteiger charge is 2.25. The molecule has 0 fully saturated rings. The Balaban J connectivity index is 3.98. The van der Waals surface area contributed by atoms with Crippen LogP contribution in [0.1, 0.15) is 34.1 Å². The molecule has 80 valence electrons. The molecule has 0 aliphatic heterocycles. The van der Waals surface area contributed by atoms with Crippen LogP contribution in [-0.2, 0) is 0 Å². The Morgan fingerprint density at radius 3 is 2.23 bits per heavy atom. The third-order valence-electron chi connectivity index (χ3n) is 2.11. The Morgan fingerprint density at radius 1 is 1.38 bits per heavy atom. The second kappa shape index (κ2) is 5.89. The number of thioether (sulfide) groups is 1. The van der Waals surface area contributed by atoms with Gasteiger partial charge >= 0.3 is 0 Å². The lowest BCUT2D eigenvalue weighted by Gasteiger charge is -2.31. The third kappa shape index (κ3) is 5.55. The van der Waals surface area contributed by atoms with E-state index in [9.17, 15) is 0 Å². The van der Waals surface area contributed by atoms with Crippen molar-refractivity contribution in [1.29, 1.82) is 0 Å². The second-order valence-corrected chi connectivity index (χ2v) is 6.20. The van der Waals surface area contributed by atoms with Gasteiger partial charge in [-0.2, -0.15) is 11.8 Å². The first-order chi connectivity index (χ1) is 5.91. The van der Waals surface area contributed by atoms with Crippen molar-refractivity contribution < 1.29 is 5.11 Å². The smallest absolute Gasteiger partial charge is 0.0441 e. The first-order valence-corrected chi connectivity index (χ1v) is 5.82. The van der Waals surface area contributed by atoms with E-state index in [0.29, 0.717) is 17.0 Å². The zero-order valence-electron chi connectivity index (χ0n) is 9.21. The summed E-state index contributed by atoms with van der Waals surface area (Å²) in [5, 5.41) is 9.76. The molecule has 0 rings (SSSR count). The molecule has 0 saturated carbocycles. The van der Waals surface area contributed by atoms with Gasteiger partial charge in [0, 0.05) is 23.7 Å². The largest absolute Gasteiger partial charge is 0.396 e. The lowest BCUT2D eigenvalue weighted by atomic mass is 9.92. The molecule has 0 radical (unpaired) electrons. The van der Waals surface area contributed by atoms with Crippen LogP contribution in [-0.4, -0.2) is 28.8 Å². The molecule has 2 atom stereocenters. The summed E-state index contributed by atoms with van der Waals surface area (Å²) in [6.45, 7) is 9.77. The fourth-order valence-electron chi connectivity index (χ4n) is 1.14. The lowest BCUT2D eigenvalue weighted by molar-refractivity contribution is 0.288. The quantitative estimate of drug-likeness (QED) is 0.720. The van der Waals surface area contributed by atoms with Gasteiger partial charge in [-0.3, -0.25) is 0 Å². The number of aliphatic hydroxyl groups excluding tert-OH is 1. The van der Waals surface area contributed by atoms with E-state index in [4.69, 9.17) is 10.8 Å². The molecule has 3 N–H and O–H groups in total. The van der Waals surface area contributed by atoms with E-state index >= 15 is 0 Å². The van der Waals surface area contributed by atoms with Crippen molar-refractivity contribution in [1.82, 2.24) is 0 Å². The van der Waals surface area contributed by atoms with E-state index in [-0.39, 0.29) is 12.0 Å². The summed E-state index contributed by atoms with van der Waals surface area (Å²) in [7, 11) is 0. The number of hydrogen-bond donors (Lipinski definition) is 2. The maximum absolute atomic E-state index is 8.78. The van der Waals surface area contributed by atoms with Gasteiger partial charge in [0.05, 0.1) is 0 Å². The highest BCUT2D eigenvalue weighted by atomic mass is 32.2. The fourth-order valence-corrected chi connectivity index (χ4v) is 2.47. The van der Waals surface area contributed by atoms with Crippen LogP contribution in [0.4, 0.5) is 0 Å². The Hall–Kier alpha value is 0.270. The SMILES string of the molecule is CC(CCO)SC(CN)C(C)(C)C. The predicted octanol–water partition coefficient (Wildman–Crippen LogP) is 1.86. The molecule has 0 saturated heterocycles. The Kier molecular flexibility index (Phi) is 6.01. The van der Waals surface area contributed by atoms with Gasteiger partial charge in [0.25, 0.3) is 0 Å². The summed E-state index contributed by atoms with van der Waals surface area (Å²) in [5.74, 6) is 0. The first kappa shape index (κ1) is 13.3. The second-order valence-electron chi connectivity index (χ2n) is 4.55. The highest BCUT2D eigenvalue weighted by molar-refractivity contribution is 8.00. The van der Waals surface area contributed by atoms with Crippen molar-refractivity contribution >= 4 is 11.8 Å². The average Bonchev–Trinajstić information content (AvgIpc) is 1.98. The maximum Gasteiger partial charge on any atom is 0.0441 e. The van der Waals surface area contributed by atoms with Gasteiger partial charge in [-0.05, 0) is 11.8 Å². The van der Waals surface area contributed by atoms with E-state index in [2.05, 4.69) is 27.7 Å². The fraction of sp³-hybridized carbons (Fsp3) is 1.00. The minimum absolute atomic E-state index is 0.253. The van der Waals surface area contributed by atoms with E-state index < -0.39 is 0 Å². The summed E-state index contributed by atoms with van der Waals surface area (Å²) in [6, 6.07) is 0. The molecule has 2 unspecified atom stereocenters. The van der Waals surface area contributed by atoms with Crippen LogP contribution in [0.2, 0.25) is 0 Å². The Bertz CT molecular complexity index is 133. The van der Waals surface area contributed by atoms with Crippen LogP contribution in [0, 0.1) is 5.41 Å². The molecule has 0 bridgehead atoms. The van der Waals surface area contributed by atoms with Crippen molar-refractivity contribution in [2.45, 2.75) is 44.6 Å². The van der Waals surface area contributed by atoms with Crippen molar-refractivity contribution in [3.8, 4) is 0 Å². The van der Waals surface area contributed by atoms with Crippen molar-refractivity contribution in [2.24, 2.45) is 11.1 Å². The number of rotatable bonds is 5. The molecule has 0 aliphatic carbocycles. The Morgan fingerprint density at radius 2 is 1.92 bits per heavy atom. The zero-order valence-corrected chi connectivity index (χ0v) is 10.0. The van der Waals surface area contributed by atoms with Gasteiger partial charge in [0.15, 0.2) is 0 Å². The van der Waals surface area contributed by atoms with Gasteiger partial charge in [-0.25, -0.2) is 0 Å². The molecule has 0 spiro atoms. The number of nitrogens with two attached hydrogens (primary N) is 1. The van der Waals surface area contributed by atoms with E-state index in [0.717, 1.165) is 6.42 Å². The third-order valence-corrected chi connectivity index (χ3v) is 4.04. The normalized spacial score (nSPS) is 17.1. The predicted molar refractivity (Wildman–Crippen MR) is 61.1 cm³/mol. The lowest BCUT2D eigenvalue weighted by Crippen LogP contribution is -2.32. The summed E-state index contributed by atoms with van der Waals surface area (Å²) in [6.07, 6.45) is 0.858. The molecule has 0 aromatic heterocycles. The monoisotopic (exact) mass is 205 g/mol. The van der Waals surface area contributed by atoms with E-state index in [1.165, 1.54) is 0 Å². The van der Waals surface area contributed by atoms with Crippen LogP contribution < -0.4 is 5.73 Å². The molecule has 0 aromatic rings. The summed E-state index contributed by atoms with van der Waals surface area (Å²) in [5.41, 5.74) is 5.97. The van der Waals surface area contributed by atoms with Crippen molar-refractivity contribution in [3.63, 3.8) is 0 Å². The van der Waals surface area contributed by atoms with Crippen LogP contribution >= 0.6 is 11.8 Å². The summed E-state index contributed by atoms with van der Waals surface area (Å²) >= 11 is 1.89. The van der Waals surface area contributed by atoms with Crippen molar-refractivity contribution in [2.75, 3.05) is 13.2 Å². The molecule has 2 nitrogen and oxygen atoms in total. The van der Waals surface area contributed by atoms with Crippen LogP contribution in [0.25, 0.3) is 0 Å². The maximum atomic E-state index is 8.78. The average molecular weight is 205 g/mol. The first-order valence-electron chi connectivity index (χ1n) is 4.88. The topological polar surface area (TPSA) is 46.2 Å². The van der Waals surface area contributed by atoms with Crippen LogP contribution in [0.15, 0.2) is 0 Å². The molecule has 0 aliphatic rings. The molecule has 0 amide bonds. The van der Waals surface area contributed by atoms with Crippen molar-refractivity contribution in [3.05, 3.63) is 0 Å². The molecular weight excluding hydrogens is 182 g/mol. The molecule has 0 heterocycles. The Labute approximate surface area is 86.3 Å². The molecule has 3 heteroatoms. The van der Waals surface area contributed by atoms with E-state index in [1.54, 1.807) is 0 Å². The van der Waals surface area contributed by atoms with Gasteiger partial charge in [-0.15, -0.1) is 0 Å². The number of aliphatic hydroxyl groups is 1. The standard InChI is InChI=1S/C10H23NOS/c1-8(5-6-12)13-9(7-11)10(2,3)4/h8-9,12H,5-7,11H2,1-4H3. The van der Waals surface area contributed by atoms with Gasteiger partial charge < -0.3 is 10.8 Å². The van der Waals surface area contributed by atoms with Gasteiger partial charge in [-0.1, -0.05) is 27.7 Å². The minimum Gasteiger partial charge on any atom is -0.396 e. The van der Waals surface area contributed by atoms with Gasteiger partial charge in [0.2, 0.25) is 0 Å². The molecule has 13 heavy (non-hydrogen) atoms. The van der Waals surface area contributed by atoms with Crippen LogP contribution in [0.5, 0.6) is 0 Å². The molecule has 0 aromatic carbocycles. The zero-order chi connectivity index (χ0) is 10.5.